The molecular weight excluding hydrogens is 217 g/mol. The molecule has 1 rings (SSSR count). The van der Waals surface area contributed by atoms with E-state index < -0.39 is 29.2 Å². The average molecular weight is 230 g/mol. The summed E-state index contributed by atoms with van der Waals surface area (Å²) < 4.78 is 38.9. The normalized spacial score (nSPS) is 12.9. The van der Waals surface area contributed by atoms with Crippen LogP contribution in [0.1, 0.15) is 31.1 Å². The van der Waals surface area contributed by atoms with E-state index in [9.17, 15) is 18.0 Å². The first-order valence-corrected chi connectivity index (χ1v) is 5.04. The summed E-state index contributed by atoms with van der Waals surface area (Å²) in [6.07, 6.45) is 0. The third kappa shape index (κ3) is 2.26. The van der Waals surface area contributed by atoms with E-state index in [2.05, 4.69) is 0 Å². The van der Waals surface area contributed by atoms with Gasteiger partial charge in [0.25, 0.3) is 0 Å². The van der Waals surface area contributed by atoms with Gasteiger partial charge in [-0.25, -0.2) is 13.2 Å². The van der Waals surface area contributed by atoms with E-state index in [1.807, 2.05) is 0 Å². The van der Waals surface area contributed by atoms with Crippen LogP contribution in [-0.4, -0.2) is 5.78 Å². The van der Waals surface area contributed by atoms with E-state index in [1.165, 1.54) is 0 Å². The van der Waals surface area contributed by atoms with E-state index in [1.54, 1.807) is 20.8 Å². The maximum Gasteiger partial charge on any atom is 0.195 e. The molecule has 0 saturated heterocycles. The summed E-state index contributed by atoms with van der Waals surface area (Å²) in [5.74, 6) is -5.21. The maximum atomic E-state index is 13.3. The van der Waals surface area contributed by atoms with Crippen LogP contribution < -0.4 is 0 Å². The van der Waals surface area contributed by atoms with Gasteiger partial charge < -0.3 is 0 Å². The highest BCUT2D eigenvalue weighted by molar-refractivity contribution is 5.98. The van der Waals surface area contributed by atoms with E-state index >= 15 is 0 Å². The zero-order valence-corrected chi connectivity index (χ0v) is 9.35. The molecule has 1 unspecified atom stereocenters. The van der Waals surface area contributed by atoms with E-state index in [4.69, 9.17) is 0 Å². The van der Waals surface area contributed by atoms with Gasteiger partial charge in [-0.05, 0) is 18.1 Å². The van der Waals surface area contributed by atoms with Crippen molar-refractivity contribution in [1.29, 1.82) is 0 Å². The molecule has 16 heavy (non-hydrogen) atoms. The summed E-state index contributed by atoms with van der Waals surface area (Å²) in [7, 11) is 0. The summed E-state index contributed by atoms with van der Waals surface area (Å²) >= 11 is 0. The van der Waals surface area contributed by atoms with Gasteiger partial charge in [0.05, 0.1) is 5.56 Å². The number of rotatable bonds is 3. The van der Waals surface area contributed by atoms with Gasteiger partial charge in [0.2, 0.25) is 0 Å². The monoisotopic (exact) mass is 230 g/mol. The topological polar surface area (TPSA) is 17.1 Å². The van der Waals surface area contributed by atoms with E-state index in [0.29, 0.717) is 0 Å². The molecule has 0 aliphatic rings. The zero-order chi connectivity index (χ0) is 12.5. The second-order valence-electron chi connectivity index (χ2n) is 4.12. The molecule has 0 heterocycles. The lowest BCUT2D eigenvalue weighted by Crippen LogP contribution is -2.19. The molecule has 0 bridgehead atoms. The zero-order valence-electron chi connectivity index (χ0n) is 9.35. The Labute approximate surface area is 92.3 Å². The number of carbonyl (C=O) groups is 1. The first-order chi connectivity index (χ1) is 7.36. The Kier molecular flexibility index (Phi) is 3.73. The molecule has 0 spiro atoms. The van der Waals surface area contributed by atoms with Crippen LogP contribution in [0.3, 0.4) is 0 Å². The van der Waals surface area contributed by atoms with Crippen molar-refractivity contribution >= 4 is 5.78 Å². The Hall–Kier alpha value is -1.32. The van der Waals surface area contributed by atoms with Crippen LogP contribution in [0, 0.1) is 29.3 Å². The molecule has 0 saturated carbocycles. The lowest BCUT2D eigenvalue weighted by Gasteiger charge is -2.14. The van der Waals surface area contributed by atoms with Gasteiger partial charge in [0.15, 0.2) is 23.2 Å². The van der Waals surface area contributed by atoms with Crippen LogP contribution in [0.15, 0.2) is 12.1 Å². The molecule has 0 N–H and O–H groups in total. The molecule has 0 radical (unpaired) electrons. The second kappa shape index (κ2) is 4.68. The highest BCUT2D eigenvalue weighted by Crippen LogP contribution is 2.21. The lowest BCUT2D eigenvalue weighted by atomic mass is 9.89. The van der Waals surface area contributed by atoms with Crippen molar-refractivity contribution in [3.05, 3.63) is 35.1 Å². The minimum atomic E-state index is -1.60. The Morgan fingerprint density at radius 2 is 1.62 bits per heavy atom. The smallest absolute Gasteiger partial charge is 0.195 e. The fourth-order valence-electron chi connectivity index (χ4n) is 1.26. The second-order valence-corrected chi connectivity index (χ2v) is 4.12. The van der Waals surface area contributed by atoms with Gasteiger partial charge in [0, 0.05) is 5.92 Å². The molecule has 1 nitrogen and oxygen atoms in total. The molecular formula is C12H13F3O. The van der Waals surface area contributed by atoms with Crippen molar-refractivity contribution in [1.82, 2.24) is 0 Å². The first kappa shape index (κ1) is 12.7. The number of carbonyl (C=O) groups excluding carboxylic acids is 1. The van der Waals surface area contributed by atoms with Gasteiger partial charge >= 0.3 is 0 Å². The van der Waals surface area contributed by atoms with Crippen LogP contribution >= 0.6 is 0 Å². The SMILES string of the molecule is CC(C)C(C)C(=O)c1ccc(F)c(F)c1F. The predicted octanol–water partition coefficient (Wildman–Crippen LogP) is 3.58. The highest BCUT2D eigenvalue weighted by atomic mass is 19.2. The van der Waals surface area contributed by atoms with E-state index in [-0.39, 0.29) is 11.5 Å². The number of benzene rings is 1. The highest BCUT2D eigenvalue weighted by Gasteiger charge is 2.24. The van der Waals surface area contributed by atoms with Gasteiger partial charge in [-0.3, -0.25) is 4.79 Å². The van der Waals surface area contributed by atoms with Gasteiger partial charge in [0.1, 0.15) is 0 Å². The van der Waals surface area contributed by atoms with Crippen LogP contribution in [0.5, 0.6) is 0 Å². The van der Waals surface area contributed by atoms with Crippen molar-refractivity contribution in [3.8, 4) is 0 Å². The molecule has 0 fully saturated rings. The third-order valence-corrected chi connectivity index (χ3v) is 2.71. The average Bonchev–Trinajstić information content (AvgIpc) is 2.24. The van der Waals surface area contributed by atoms with Gasteiger partial charge in [-0.2, -0.15) is 0 Å². The van der Waals surface area contributed by atoms with Crippen LogP contribution in [0.4, 0.5) is 13.2 Å². The fraction of sp³-hybridized carbons (Fsp3) is 0.417. The Balaban J connectivity index is 3.15. The number of hydrogen-bond acceptors (Lipinski definition) is 1. The quantitative estimate of drug-likeness (QED) is 0.573. The molecule has 0 aliphatic carbocycles. The molecule has 0 amide bonds. The molecule has 1 aromatic carbocycles. The molecule has 1 aromatic rings. The largest absolute Gasteiger partial charge is 0.294 e. The summed E-state index contributed by atoms with van der Waals surface area (Å²) in [6, 6.07) is 1.74. The lowest BCUT2D eigenvalue weighted by molar-refractivity contribution is 0.0894. The number of hydrogen-bond donors (Lipinski definition) is 0. The standard InChI is InChI=1S/C12H13F3O/c1-6(2)7(3)12(16)8-4-5-9(13)11(15)10(8)14/h4-7H,1-3H3. The van der Waals surface area contributed by atoms with Crippen molar-refractivity contribution < 1.29 is 18.0 Å². The van der Waals surface area contributed by atoms with Crippen molar-refractivity contribution in [3.63, 3.8) is 0 Å². The molecule has 88 valence electrons. The Bertz CT molecular complexity index is 413. The fourth-order valence-corrected chi connectivity index (χ4v) is 1.26. The van der Waals surface area contributed by atoms with Gasteiger partial charge in [-0.15, -0.1) is 0 Å². The van der Waals surface area contributed by atoms with Crippen LogP contribution in [0.2, 0.25) is 0 Å². The number of ketones is 1. The Morgan fingerprint density at radius 3 is 2.12 bits per heavy atom. The first-order valence-electron chi connectivity index (χ1n) is 5.04. The van der Waals surface area contributed by atoms with Crippen molar-refractivity contribution in [2.75, 3.05) is 0 Å². The number of Topliss-reactive ketones (excluding diaryl/α,β-unsaturated/α-hetero) is 1. The maximum absolute atomic E-state index is 13.3. The number of halogens is 3. The van der Waals surface area contributed by atoms with Gasteiger partial charge in [-0.1, -0.05) is 20.8 Å². The van der Waals surface area contributed by atoms with Crippen LogP contribution in [0.25, 0.3) is 0 Å². The molecule has 1 atom stereocenters. The van der Waals surface area contributed by atoms with Crippen molar-refractivity contribution in [2.45, 2.75) is 20.8 Å². The summed E-state index contributed by atoms with van der Waals surface area (Å²) in [5, 5.41) is 0. The third-order valence-electron chi connectivity index (χ3n) is 2.71. The summed E-state index contributed by atoms with van der Waals surface area (Å²) in [4.78, 5) is 11.7. The molecule has 0 aromatic heterocycles. The van der Waals surface area contributed by atoms with Crippen LogP contribution in [-0.2, 0) is 0 Å². The predicted molar refractivity (Wildman–Crippen MR) is 54.6 cm³/mol. The minimum absolute atomic E-state index is 0.0139. The summed E-state index contributed by atoms with van der Waals surface area (Å²) in [6.45, 7) is 5.24. The summed E-state index contributed by atoms with van der Waals surface area (Å²) in [5.41, 5.74) is -0.389. The van der Waals surface area contributed by atoms with Crippen molar-refractivity contribution in [2.24, 2.45) is 11.8 Å². The molecule has 4 heteroatoms. The minimum Gasteiger partial charge on any atom is -0.294 e. The Morgan fingerprint density at radius 1 is 1.06 bits per heavy atom. The molecule has 0 aliphatic heterocycles. The van der Waals surface area contributed by atoms with E-state index in [0.717, 1.165) is 12.1 Å².